The highest BCUT2D eigenvalue weighted by Crippen LogP contribution is 2.29. The molecule has 2 heterocycles. The van der Waals surface area contributed by atoms with E-state index in [9.17, 15) is 9.59 Å². The molecule has 0 fully saturated rings. The zero-order chi connectivity index (χ0) is 22.4. The molecule has 3 rings (SSSR count). The normalized spacial score (nSPS) is 15.6. The maximum Gasteiger partial charge on any atom is 0.272 e. The summed E-state index contributed by atoms with van der Waals surface area (Å²) in [7, 11) is 0. The molecule has 166 valence electrons. The molecule has 31 heavy (non-hydrogen) atoms. The Morgan fingerprint density at radius 1 is 1.29 bits per heavy atom. The van der Waals surface area contributed by atoms with Crippen LogP contribution in [0, 0.1) is 12.3 Å². The summed E-state index contributed by atoms with van der Waals surface area (Å²) in [5.41, 5.74) is 3.51. The number of benzene rings is 1. The third-order valence-electron chi connectivity index (χ3n) is 5.86. The van der Waals surface area contributed by atoms with Gasteiger partial charge in [0.05, 0.1) is 11.7 Å². The number of unbranched alkanes of at least 4 members (excludes halogenated alkanes) is 1. The first-order valence-electron chi connectivity index (χ1n) is 11.2. The lowest BCUT2D eigenvalue weighted by Crippen LogP contribution is -2.48. The molecule has 0 aliphatic carbocycles. The van der Waals surface area contributed by atoms with Crippen LogP contribution in [0.1, 0.15) is 61.6 Å². The molecular formula is C24H33N5O2. The van der Waals surface area contributed by atoms with Crippen LogP contribution in [0.4, 0.5) is 0 Å². The Morgan fingerprint density at radius 2 is 2.03 bits per heavy atom. The van der Waals surface area contributed by atoms with Crippen molar-refractivity contribution in [3.63, 3.8) is 0 Å². The fourth-order valence-electron chi connectivity index (χ4n) is 4.01. The maximum absolute atomic E-state index is 13.3. The highest BCUT2D eigenvalue weighted by molar-refractivity contribution is 5.97. The number of carbonyl (C=O) groups excluding carboxylic acids is 2. The van der Waals surface area contributed by atoms with Crippen molar-refractivity contribution in [3.05, 3.63) is 41.6 Å². The van der Waals surface area contributed by atoms with E-state index < -0.39 is 0 Å². The lowest BCUT2D eigenvalue weighted by atomic mass is 10.1. The number of aromatic nitrogens is 2. The summed E-state index contributed by atoms with van der Waals surface area (Å²) >= 11 is 0. The number of carbonyl (C=O) groups is 2. The second-order valence-electron chi connectivity index (χ2n) is 8.17. The first-order chi connectivity index (χ1) is 15.0. The molecule has 7 heteroatoms. The summed E-state index contributed by atoms with van der Waals surface area (Å²) in [4.78, 5) is 29.5. The Morgan fingerprint density at radius 3 is 2.68 bits per heavy atom. The van der Waals surface area contributed by atoms with Gasteiger partial charge in [0, 0.05) is 25.2 Å². The van der Waals surface area contributed by atoms with Crippen LogP contribution in [0.15, 0.2) is 30.3 Å². The molecule has 7 nitrogen and oxygen atoms in total. The van der Waals surface area contributed by atoms with Gasteiger partial charge in [0.25, 0.3) is 5.91 Å². The van der Waals surface area contributed by atoms with Gasteiger partial charge in [-0.15, -0.1) is 0 Å². The second kappa shape index (κ2) is 10.4. The van der Waals surface area contributed by atoms with Crippen molar-refractivity contribution in [2.75, 3.05) is 26.2 Å². The highest BCUT2D eigenvalue weighted by atomic mass is 16.2. The number of fused-ring (bicyclic) bond motifs is 1. The van der Waals surface area contributed by atoms with Gasteiger partial charge in [-0.3, -0.25) is 14.3 Å². The molecule has 0 spiro atoms. The third-order valence-corrected chi connectivity index (χ3v) is 5.86. The summed E-state index contributed by atoms with van der Waals surface area (Å²) in [6.45, 7) is 7.77. The largest absolute Gasteiger partial charge is 0.341 e. The summed E-state index contributed by atoms with van der Waals surface area (Å²) in [5, 5.41) is 12.0. The van der Waals surface area contributed by atoms with Gasteiger partial charge in [0.2, 0.25) is 5.91 Å². The van der Waals surface area contributed by atoms with Gasteiger partial charge in [-0.05, 0) is 39.0 Å². The van der Waals surface area contributed by atoms with E-state index in [0.29, 0.717) is 31.7 Å². The standard InChI is InChI=1S/C24H33N5O2/c1-4-6-8-20-16-28(17-23(30)27(5-2)14-7-13-25)24(31)22-15-21(26-29(20)22)19-11-9-18(3)10-12-19/h9-13,15,20,25H,4-8,14,16-17H2,1-3H3. The molecule has 0 bridgehead atoms. The Hall–Kier alpha value is -2.96. The number of hydrogen-bond donors (Lipinski definition) is 1. The highest BCUT2D eigenvalue weighted by Gasteiger charge is 2.34. The molecule has 0 saturated carbocycles. The smallest absolute Gasteiger partial charge is 0.272 e. The van der Waals surface area contributed by atoms with Crippen molar-refractivity contribution in [3.8, 4) is 11.3 Å². The third kappa shape index (κ3) is 5.21. The maximum atomic E-state index is 13.3. The van der Waals surface area contributed by atoms with Crippen LogP contribution < -0.4 is 0 Å². The molecule has 1 unspecified atom stereocenters. The molecule has 2 amide bonds. The van der Waals surface area contributed by atoms with Crippen molar-refractivity contribution >= 4 is 18.0 Å². The van der Waals surface area contributed by atoms with Crippen molar-refractivity contribution in [2.24, 2.45) is 0 Å². The quantitative estimate of drug-likeness (QED) is 0.588. The van der Waals surface area contributed by atoms with Gasteiger partial charge < -0.3 is 15.2 Å². The minimum absolute atomic E-state index is 0.0660. The summed E-state index contributed by atoms with van der Waals surface area (Å²) in [6.07, 6.45) is 4.87. The zero-order valence-corrected chi connectivity index (χ0v) is 18.8. The first-order valence-corrected chi connectivity index (χ1v) is 11.2. The second-order valence-corrected chi connectivity index (χ2v) is 8.17. The van der Waals surface area contributed by atoms with Crippen LogP contribution in [0.3, 0.4) is 0 Å². The van der Waals surface area contributed by atoms with E-state index in [2.05, 4.69) is 6.92 Å². The fraction of sp³-hybridized carbons (Fsp3) is 0.500. The summed E-state index contributed by atoms with van der Waals surface area (Å²) < 4.78 is 1.88. The van der Waals surface area contributed by atoms with E-state index in [1.807, 2.05) is 48.9 Å². The molecule has 2 aromatic rings. The topological polar surface area (TPSA) is 82.3 Å². The van der Waals surface area contributed by atoms with E-state index in [1.165, 1.54) is 11.8 Å². The number of hydrogen-bond acceptors (Lipinski definition) is 4. The average Bonchev–Trinajstić information content (AvgIpc) is 3.22. The van der Waals surface area contributed by atoms with E-state index in [-0.39, 0.29) is 24.4 Å². The lowest BCUT2D eigenvalue weighted by molar-refractivity contribution is -0.131. The van der Waals surface area contributed by atoms with Crippen LogP contribution in [0.2, 0.25) is 0 Å². The molecule has 1 N–H and O–H groups in total. The monoisotopic (exact) mass is 423 g/mol. The number of aryl methyl sites for hydroxylation is 1. The predicted octanol–water partition coefficient (Wildman–Crippen LogP) is 3.93. The van der Waals surface area contributed by atoms with E-state index in [0.717, 1.165) is 30.5 Å². The molecule has 1 aromatic heterocycles. The number of rotatable bonds is 10. The van der Waals surface area contributed by atoms with E-state index >= 15 is 0 Å². The molecule has 1 atom stereocenters. The van der Waals surface area contributed by atoms with Crippen LogP contribution in [-0.2, 0) is 4.79 Å². The Balaban J connectivity index is 1.86. The summed E-state index contributed by atoms with van der Waals surface area (Å²) in [6, 6.07) is 10.1. The number of nitrogens with zero attached hydrogens (tertiary/aromatic N) is 4. The van der Waals surface area contributed by atoms with Crippen molar-refractivity contribution in [2.45, 2.75) is 52.5 Å². The first kappa shape index (κ1) is 22.7. The van der Waals surface area contributed by atoms with E-state index in [1.54, 1.807) is 9.80 Å². The number of likely N-dealkylation sites (N-methyl/N-ethyl adjacent to an activating group) is 1. The summed E-state index contributed by atoms with van der Waals surface area (Å²) in [5.74, 6) is -0.214. The molecular weight excluding hydrogens is 390 g/mol. The Bertz CT molecular complexity index is 919. The molecule has 1 aromatic carbocycles. The predicted molar refractivity (Wildman–Crippen MR) is 123 cm³/mol. The Kier molecular flexibility index (Phi) is 7.60. The van der Waals surface area contributed by atoms with Crippen LogP contribution >= 0.6 is 0 Å². The van der Waals surface area contributed by atoms with Gasteiger partial charge in [-0.25, -0.2) is 0 Å². The van der Waals surface area contributed by atoms with Crippen LogP contribution in [-0.4, -0.2) is 63.8 Å². The molecule has 1 aliphatic rings. The van der Waals surface area contributed by atoms with Crippen molar-refractivity contribution in [1.82, 2.24) is 19.6 Å². The lowest BCUT2D eigenvalue weighted by Gasteiger charge is -2.34. The van der Waals surface area contributed by atoms with Crippen molar-refractivity contribution in [1.29, 1.82) is 5.41 Å². The zero-order valence-electron chi connectivity index (χ0n) is 18.8. The average molecular weight is 424 g/mol. The Labute approximate surface area is 184 Å². The fourth-order valence-corrected chi connectivity index (χ4v) is 4.01. The molecule has 0 saturated heterocycles. The minimum atomic E-state index is -0.143. The SMILES string of the molecule is CCCCC1CN(CC(=O)N(CC)CCC=N)C(=O)c2cc(-c3ccc(C)cc3)nn21. The molecule has 0 radical (unpaired) electrons. The number of amides is 2. The van der Waals surface area contributed by atoms with Crippen LogP contribution in [0.5, 0.6) is 0 Å². The van der Waals surface area contributed by atoms with Gasteiger partial charge in [-0.2, -0.15) is 5.10 Å². The van der Waals surface area contributed by atoms with Gasteiger partial charge in [0.1, 0.15) is 12.2 Å². The van der Waals surface area contributed by atoms with Gasteiger partial charge >= 0.3 is 0 Å². The van der Waals surface area contributed by atoms with Crippen molar-refractivity contribution < 1.29 is 9.59 Å². The van der Waals surface area contributed by atoms with Gasteiger partial charge in [-0.1, -0.05) is 49.6 Å². The molecule has 1 aliphatic heterocycles. The van der Waals surface area contributed by atoms with Crippen LogP contribution in [0.25, 0.3) is 11.3 Å². The van der Waals surface area contributed by atoms with E-state index in [4.69, 9.17) is 10.5 Å². The number of nitrogens with one attached hydrogen (secondary N) is 1. The van der Waals surface area contributed by atoms with Gasteiger partial charge in [0.15, 0.2) is 0 Å². The minimum Gasteiger partial charge on any atom is -0.341 e.